The molecule has 0 bridgehead atoms. The predicted molar refractivity (Wildman–Crippen MR) is 97.6 cm³/mol. The Balaban J connectivity index is 1.66. The summed E-state index contributed by atoms with van der Waals surface area (Å²) in [6, 6.07) is 10.5. The number of nitro groups is 1. The van der Waals surface area contributed by atoms with Crippen LogP contribution in [-0.2, 0) is 0 Å². The van der Waals surface area contributed by atoms with E-state index in [1.165, 1.54) is 13.0 Å². The summed E-state index contributed by atoms with van der Waals surface area (Å²) in [4.78, 5) is 37.6. The first-order valence-electron chi connectivity index (χ1n) is 8.46. The number of piperazine rings is 1. The molecule has 0 radical (unpaired) electrons. The average Bonchev–Trinajstić information content (AvgIpc) is 2.68. The zero-order chi connectivity index (χ0) is 19.6. The van der Waals surface area contributed by atoms with Gasteiger partial charge in [-0.1, -0.05) is 0 Å². The van der Waals surface area contributed by atoms with Crippen LogP contribution in [0, 0.1) is 15.9 Å². The highest BCUT2D eigenvalue weighted by atomic mass is 19.1. The van der Waals surface area contributed by atoms with Gasteiger partial charge >= 0.3 is 5.69 Å². The Bertz CT molecular complexity index is 890. The number of carbonyl (C=O) groups excluding carboxylic acids is 2. The monoisotopic (exact) mass is 371 g/mol. The van der Waals surface area contributed by atoms with Crippen LogP contribution in [-0.4, -0.2) is 47.7 Å². The number of anilines is 1. The molecule has 2 aromatic carbocycles. The summed E-state index contributed by atoms with van der Waals surface area (Å²) in [5, 5.41) is 10.9. The van der Waals surface area contributed by atoms with Gasteiger partial charge in [-0.25, -0.2) is 0 Å². The second kappa shape index (κ2) is 7.53. The number of ketones is 1. The normalized spacial score (nSPS) is 14.1. The second-order valence-electron chi connectivity index (χ2n) is 6.31. The third-order valence-corrected chi connectivity index (χ3v) is 4.60. The Morgan fingerprint density at radius 3 is 2.15 bits per heavy atom. The molecule has 3 rings (SSSR count). The Labute approximate surface area is 155 Å². The number of hydrogen-bond donors (Lipinski definition) is 0. The summed E-state index contributed by atoms with van der Waals surface area (Å²) in [6.45, 7) is 3.58. The minimum atomic E-state index is -0.963. The number of Topliss-reactive ketones (excluding diaryl/α,β-unsaturated/α-hetero) is 1. The Hall–Kier alpha value is -3.29. The molecule has 0 saturated carbocycles. The van der Waals surface area contributed by atoms with Gasteiger partial charge < -0.3 is 9.80 Å². The Kier molecular flexibility index (Phi) is 5.16. The van der Waals surface area contributed by atoms with Crippen molar-refractivity contribution in [1.82, 2.24) is 4.90 Å². The van der Waals surface area contributed by atoms with E-state index < -0.39 is 16.4 Å². The molecule has 0 atom stereocenters. The van der Waals surface area contributed by atoms with Crippen LogP contribution < -0.4 is 4.90 Å². The minimum absolute atomic E-state index is 0.00496. The third-order valence-electron chi connectivity index (χ3n) is 4.60. The van der Waals surface area contributed by atoms with E-state index >= 15 is 0 Å². The van der Waals surface area contributed by atoms with E-state index in [1.807, 2.05) is 12.1 Å². The molecule has 1 aliphatic heterocycles. The van der Waals surface area contributed by atoms with Crippen molar-refractivity contribution in [2.24, 2.45) is 0 Å². The lowest BCUT2D eigenvalue weighted by atomic mass is 10.1. The third kappa shape index (κ3) is 3.94. The van der Waals surface area contributed by atoms with Gasteiger partial charge in [0.05, 0.1) is 4.92 Å². The molecule has 0 spiro atoms. The Morgan fingerprint density at radius 1 is 1.00 bits per heavy atom. The lowest BCUT2D eigenvalue weighted by Gasteiger charge is -2.36. The zero-order valence-corrected chi connectivity index (χ0v) is 14.7. The van der Waals surface area contributed by atoms with Crippen LogP contribution in [0.15, 0.2) is 42.5 Å². The van der Waals surface area contributed by atoms with Gasteiger partial charge in [0.15, 0.2) is 5.78 Å². The number of carbonyl (C=O) groups is 2. The molecule has 1 fully saturated rings. The van der Waals surface area contributed by atoms with Crippen LogP contribution in [0.3, 0.4) is 0 Å². The SMILES string of the molecule is CC(=O)c1ccc(N2CCN(C(=O)c3ccc(F)c([N+](=O)[O-])c3)CC2)cc1. The van der Waals surface area contributed by atoms with Gasteiger partial charge in [0, 0.05) is 49.1 Å². The minimum Gasteiger partial charge on any atom is -0.368 e. The molecule has 140 valence electrons. The first-order chi connectivity index (χ1) is 12.9. The van der Waals surface area contributed by atoms with Gasteiger partial charge in [-0.05, 0) is 43.3 Å². The van der Waals surface area contributed by atoms with Crippen LogP contribution >= 0.6 is 0 Å². The van der Waals surface area contributed by atoms with Crippen molar-refractivity contribution in [1.29, 1.82) is 0 Å². The van der Waals surface area contributed by atoms with E-state index in [-0.39, 0.29) is 17.3 Å². The second-order valence-corrected chi connectivity index (χ2v) is 6.31. The fourth-order valence-corrected chi connectivity index (χ4v) is 3.04. The van der Waals surface area contributed by atoms with E-state index in [4.69, 9.17) is 0 Å². The molecule has 0 unspecified atom stereocenters. The number of halogens is 1. The van der Waals surface area contributed by atoms with Crippen molar-refractivity contribution in [3.05, 3.63) is 69.5 Å². The van der Waals surface area contributed by atoms with Gasteiger partial charge in [0.25, 0.3) is 5.91 Å². The highest BCUT2D eigenvalue weighted by molar-refractivity contribution is 5.95. The standard InChI is InChI=1S/C19H18FN3O4/c1-13(24)14-2-5-16(6-3-14)21-8-10-22(11-9-21)19(25)15-4-7-17(20)18(12-15)23(26)27/h2-7,12H,8-11H2,1H3. The number of nitrogens with zero attached hydrogens (tertiary/aromatic N) is 3. The van der Waals surface area contributed by atoms with Crippen molar-refractivity contribution in [2.75, 3.05) is 31.1 Å². The van der Waals surface area contributed by atoms with E-state index in [2.05, 4.69) is 4.90 Å². The molecule has 0 N–H and O–H groups in total. The summed E-state index contributed by atoms with van der Waals surface area (Å²) < 4.78 is 13.4. The molecular weight excluding hydrogens is 353 g/mol. The molecule has 8 heteroatoms. The van der Waals surface area contributed by atoms with Gasteiger partial charge in [0.2, 0.25) is 5.82 Å². The lowest BCUT2D eigenvalue weighted by Crippen LogP contribution is -2.48. The smallest absolute Gasteiger partial charge is 0.305 e. The molecule has 1 saturated heterocycles. The topological polar surface area (TPSA) is 83.8 Å². The molecule has 2 aromatic rings. The molecule has 0 aromatic heterocycles. The maximum absolute atomic E-state index is 13.4. The summed E-state index contributed by atoms with van der Waals surface area (Å²) in [5.41, 5.74) is 1.00. The van der Waals surface area contributed by atoms with Gasteiger partial charge in [-0.2, -0.15) is 4.39 Å². The molecule has 1 heterocycles. The van der Waals surface area contributed by atoms with E-state index in [0.29, 0.717) is 31.7 Å². The molecular formula is C19H18FN3O4. The predicted octanol–water partition coefficient (Wildman–Crippen LogP) is 2.90. The molecule has 0 aliphatic carbocycles. The van der Waals surface area contributed by atoms with Crippen molar-refractivity contribution in [2.45, 2.75) is 6.92 Å². The van der Waals surface area contributed by atoms with E-state index in [1.54, 1.807) is 17.0 Å². The van der Waals surface area contributed by atoms with Gasteiger partial charge in [0.1, 0.15) is 0 Å². The summed E-state index contributed by atoms with van der Waals surface area (Å²) >= 11 is 0. The van der Waals surface area contributed by atoms with E-state index in [9.17, 15) is 24.1 Å². The van der Waals surface area contributed by atoms with Crippen molar-refractivity contribution < 1.29 is 18.9 Å². The number of benzene rings is 2. The number of amides is 1. The quantitative estimate of drug-likeness (QED) is 0.469. The van der Waals surface area contributed by atoms with Gasteiger partial charge in [-0.3, -0.25) is 19.7 Å². The molecule has 1 aliphatic rings. The van der Waals surface area contributed by atoms with Crippen LogP contribution in [0.4, 0.5) is 15.8 Å². The zero-order valence-electron chi connectivity index (χ0n) is 14.7. The number of nitro benzene ring substituents is 1. The largest absolute Gasteiger partial charge is 0.368 e. The van der Waals surface area contributed by atoms with Gasteiger partial charge in [-0.15, -0.1) is 0 Å². The summed E-state index contributed by atoms with van der Waals surface area (Å²) in [6.07, 6.45) is 0. The highest BCUT2D eigenvalue weighted by Crippen LogP contribution is 2.22. The average molecular weight is 371 g/mol. The summed E-state index contributed by atoms with van der Waals surface area (Å²) in [5.74, 6) is -1.31. The molecule has 27 heavy (non-hydrogen) atoms. The highest BCUT2D eigenvalue weighted by Gasteiger charge is 2.25. The molecule has 7 nitrogen and oxygen atoms in total. The summed E-state index contributed by atoms with van der Waals surface area (Å²) in [7, 11) is 0. The maximum Gasteiger partial charge on any atom is 0.305 e. The van der Waals surface area contributed by atoms with Crippen molar-refractivity contribution in [3.8, 4) is 0 Å². The van der Waals surface area contributed by atoms with Crippen molar-refractivity contribution in [3.63, 3.8) is 0 Å². The first-order valence-corrected chi connectivity index (χ1v) is 8.46. The number of rotatable bonds is 4. The van der Waals surface area contributed by atoms with Crippen LogP contribution in [0.5, 0.6) is 0 Å². The number of hydrogen-bond acceptors (Lipinski definition) is 5. The van der Waals surface area contributed by atoms with E-state index in [0.717, 1.165) is 17.8 Å². The molecule has 1 amide bonds. The lowest BCUT2D eigenvalue weighted by molar-refractivity contribution is -0.387. The van der Waals surface area contributed by atoms with Crippen molar-refractivity contribution >= 4 is 23.1 Å². The fraction of sp³-hybridized carbons (Fsp3) is 0.263. The Morgan fingerprint density at radius 2 is 1.59 bits per heavy atom. The van der Waals surface area contributed by atoms with Crippen LogP contribution in [0.2, 0.25) is 0 Å². The maximum atomic E-state index is 13.4. The van der Waals surface area contributed by atoms with Crippen LogP contribution in [0.1, 0.15) is 27.6 Å². The van der Waals surface area contributed by atoms with Crippen LogP contribution in [0.25, 0.3) is 0 Å². The fourth-order valence-electron chi connectivity index (χ4n) is 3.04. The first kappa shape index (κ1) is 18.5.